The van der Waals surface area contributed by atoms with E-state index in [-0.39, 0.29) is 6.04 Å². The molecular weight excluding hydrogens is 318 g/mol. The molecule has 26 heavy (non-hydrogen) atoms. The number of hydrogen-bond donors (Lipinski definition) is 0. The third-order valence-corrected chi connectivity index (χ3v) is 5.30. The zero-order valence-electron chi connectivity index (χ0n) is 16.3. The molecule has 2 aromatic carbocycles. The van der Waals surface area contributed by atoms with Gasteiger partial charge in [-0.2, -0.15) is 0 Å². The summed E-state index contributed by atoms with van der Waals surface area (Å²) >= 11 is 0. The van der Waals surface area contributed by atoms with Crippen LogP contribution in [0.4, 0.5) is 0 Å². The Hall–Kier alpha value is -2.19. The molecule has 0 bridgehead atoms. The van der Waals surface area contributed by atoms with Gasteiger partial charge < -0.3 is 4.90 Å². The molecule has 0 unspecified atom stereocenters. The smallest absolute Gasteiger partial charge is 0.147 e. The van der Waals surface area contributed by atoms with E-state index < -0.39 is 5.41 Å². The van der Waals surface area contributed by atoms with Gasteiger partial charge in [0.15, 0.2) is 0 Å². The van der Waals surface area contributed by atoms with Crippen molar-refractivity contribution in [3.63, 3.8) is 0 Å². The van der Waals surface area contributed by atoms with Crippen LogP contribution in [0.5, 0.6) is 0 Å². The lowest BCUT2D eigenvalue weighted by Gasteiger charge is -2.38. The molecule has 1 atom stereocenters. The lowest BCUT2D eigenvalue weighted by molar-refractivity contribution is -0.124. The van der Waals surface area contributed by atoms with Crippen molar-refractivity contribution in [1.29, 1.82) is 0 Å². The fourth-order valence-corrected chi connectivity index (χ4v) is 3.53. The van der Waals surface area contributed by atoms with Crippen molar-refractivity contribution in [2.75, 3.05) is 14.1 Å². The monoisotopic (exact) mass is 349 g/mol. The molecule has 0 aliphatic heterocycles. The quantitative estimate of drug-likeness (QED) is 0.432. The molecule has 0 spiro atoms. The molecule has 0 saturated carbocycles. The number of rotatable bonds is 10. The van der Waals surface area contributed by atoms with Gasteiger partial charge in [-0.1, -0.05) is 66.7 Å². The summed E-state index contributed by atoms with van der Waals surface area (Å²) in [6.45, 7) is 5.98. The zero-order valence-corrected chi connectivity index (χ0v) is 16.3. The molecule has 0 N–H and O–H groups in total. The molecule has 0 saturated heterocycles. The summed E-state index contributed by atoms with van der Waals surface area (Å²) in [5, 5.41) is 0. The molecule has 2 nitrogen and oxygen atoms in total. The molecule has 0 aliphatic rings. The van der Waals surface area contributed by atoms with E-state index in [9.17, 15) is 4.79 Å². The molecule has 2 heteroatoms. The summed E-state index contributed by atoms with van der Waals surface area (Å²) in [6.07, 6.45) is 4.94. The van der Waals surface area contributed by atoms with Crippen LogP contribution in [0, 0.1) is 0 Å². The van der Waals surface area contributed by atoms with Gasteiger partial charge in [0.05, 0.1) is 5.41 Å². The fourth-order valence-electron chi connectivity index (χ4n) is 3.53. The highest BCUT2D eigenvalue weighted by Gasteiger charge is 2.42. The average Bonchev–Trinajstić information content (AvgIpc) is 2.67. The molecule has 0 heterocycles. The number of nitrogens with zero attached hydrogens (tertiary/aromatic N) is 1. The summed E-state index contributed by atoms with van der Waals surface area (Å²) in [7, 11) is 4.15. The van der Waals surface area contributed by atoms with E-state index in [4.69, 9.17) is 0 Å². The zero-order chi connectivity index (χ0) is 19.0. The summed E-state index contributed by atoms with van der Waals surface area (Å²) < 4.78 is 0. The summed E-state index contributed by atoms with van der Waals surface area (Å²) in [5.74, 6) is 0.297. The van der Waals surface area contributed by atoms with E-state index >= 15 is 0 Å². The van der Waals surface area contributed by atoms with Gasteiger partial charge in [0.1, 0.15) is 5.78 Å². The Bertz CT molecular complexity index is 651. The molecular formula is C24H31NO. The van der Waals surface area contributed by atoms with E-state index in [1.807, 2.05) is 42.5 Å². The number of Topliss-reactive ketones (excluding diaryl/α,β-unsaturated/α-hetero) is 1. The Labute approximate surface area is 158 Å². The standard InChI is InChI=1S/C24H31NO/c1-5-6-9-18-23(26)24(19-20(2)25(3)4,21-14-10-7-11-15-21)22-16-12-8-13-17-22/h5,7-8,10-17,20H,1,6,9,18-19H2,2-4H3/t20-/m1/s1. The molecule has 2 rings (SSSR count). The first-order valence-corrected chi connectivity index (χ1v) is 9.44. The van der Waals surface area contributed by atoms with Crippen molar-refractivity contribution in [3.05, 3.63) is 84.4 Å². The molecule has 0 radical (unpaired) electrons. The maximum Gasteiger partial charge on any atom is 0.147 e. The highest BCUT2D eigenvalue weighted by molar-refractivity contribution is 5.94. The van der Waals surface area contributed by atoms with Crippen LogP contribution in [-0.2, 0) is 10.2 Å². The van der Waals surface area contributed by atoms with Crippen molar-refractivity contribution >= 4 is 5.78 Å². The van der Waals surface area contributed by atoms with Gasteiger partial charge in [0, 0.05) is 12.5 Å². The van der Waals surface area contributed by atoms with E-state index in [2.05, 4.69) is 56.8 Å². The first kappa shape index (κ1) is 20.1. The number of benzene rings is 2. The van der Waals surface area contributed by atoms with Crippen molar-refractivity contribution in [1.82, 2.24) is 4.90 Å². The predicted molar refractivity (Wildman–Crippen MR) is 110 cm³/mol. The second-order valence-corrected chi connectivity index (χ2v) is 7.26. The molecule has 2 aromatic rings. The van der Waals surface area contributed by atoms with Gasteiger partial charge in [-0.25, -0.2) is 0 Å². The second kappa shape index (κ2) is 9.49. The lowest BCUT2D eigenvalue weighted by atomic mass is 9.66. The van der Waals surface area contributed by atoms with E-state index in [1.165, 1.54) is 0 Å². The Balaban J connectivity index is 2.58. The maximum absolute atomic E-state index is 13.6. The largest absolute Gasteiger partial charge is 0.307 e. The number of ketones is 1. The van der Waals surface area contributed by atoms with E-state index in [0.717, 1.165) is 30.4 Å². The van der Waals surface area contributed by atoms with E-state index in [0.29, 0.717) is 12.2 Å². The van der Waals surface area contributed by atoms with Crippen LogP contribution >= 0.6 is 0 Å². The number of hydrogen-bond acceptors (Lipinski definition) is 2. The SMILES string of the molecule is C=CCCCC(=O)C(C[C@@H](C)N(C)C)(c1ccccc1)c1ccccc1. The van der Waals surface area contributed by atoms with Crippen molar-refractivity contribution in [2.45, 2.75) is 44.1 Å². The third kappa shape index (κ3) is 4.50. The molecule has 0 aromatic heterocycles. The van der Waals surface area contributed by atoms with Crippen LogP contribution in [0.15, 0.2) is 73.3 Å². The van der Waals surface area contributed by atoms with Crippen LogP contribution in [-0.4, -0.2) is 30.8 Å². The first-order chi connectivity index (χ1) is 12.5. The Morgan fingerprint density at radius 1 is 1.04 bits per heavy atom. The van der Waals surface area contributed by atoms with Gasteiger partial charge >= 0.3 is 0 Å². The van der Waals surface area contributed by atoms with Crippen LogP contribution in [0.1, 0.15) is 43.7 Å². The predicted octanol–water partition coefficient (Wildman–Crippen LogP) is 5.24. The minimum atomic E-state index is -0.618. The Kier molecular flexibility index (Phi) is 7.35. The Morgan fingerprint density at radius 2 is 1.54 bits per heavy atom. The molecule has 0 fully saturated rings. The summed E-state index contributed by atoms with van der Waals surface area (Å²) in [6, 6.07) is 20.8. The summed E-state index contributed by atoms with van der Waals surface area (Å²) in [4.78, 5) is 15.8. The van der Waals surface area contributed by atoms with Crippen LogP contribution in [0.25, 0.3) is 0 Å². The first-order valence-electron chi connectivity index (χ1n) is 9.44. The third-order valence-electron chi connectivity index (χ3n) is 5.30. The molecule has 138 valence electrons. The van der Waals surface area contributed by atoms with Gasteiger partial charge in [-0.05, 0) is 51.4 Å². The second-order valence-electron chi connectivity index (χ2n) is 7.26. The van der Waals surface area contributed by atoms with Gasteiger partial charge in [0.25, 0.3) is 0 Å². The normalized spacial score (nSPS) is 12.8. The van der Waals surface area contributed by atoms with Crippen molar-refractivity contribution in [2.24, 2.45) is 0 Å². The minimum Gasteiger partial charge on any atom is -0.307 e. The highest BCUT2D eigenvalue weighted by Crippen LogP contribution is 2.39. The van der Waals surface area contributed by atoms with Crippen LogP contribution in [0.3, 0.4) is 0 Å². The maximum atomic E-state index is 13.6. The van der Waals surface area contributed by atoms with Crippen LogP contribution in [0.2, 0.25) is 0 Å². The lowest BCUT2D eigenvalue weighted by Crippen LogP contribution is -2.43. The Morgan fingerprint density at radius 3 is 1.96 bits per heavy atom. The topological polar surface area (TPSA) is 20.3 Å². The van der Waals surface area contributed by atoms with Crippen LogP contribution < -0.4 is 0 Å². The number of allylic oxidation sites excluding steroid dienone is 1. The van der Waals surface area contributed by atoms with E-state index in [1.54, 1.807) is 0 Å². The molecule has 0 amide bonds. The highest BCUT2D eigenvalue weighted by atomic mass is 16.1. The average molecular weight is 350 g/mol. The molecule has 0 aliphatic carbocycles. The van der Waals surface area contributed by atoms with Crippen molar-refractivity contribution in [3.8, 4) is 0 Å². The number of carbonyl (C=O) groups excluding carboxylic acids is 1. The van der Waals surface area contributed by atoms with Gasteiger partial charge in [-0.15, -0.1) is 6.58 Å². The number of unbranched alkanes of at least 4 members (excludes halogenated alkanes) is 1. The minimum absolute atomic E-state index is 0.277. The van der Waals surface area contributed by atoms with Gasteiger partial charge in [0.2, 0.25) is 0 Å². The number of carbonyl (C=O) groups is 1. The van der Waals surface area contributed by atoms with Crippen molar-refractivity contribution < 1.29 is 4.79 Å². The summed E-state index contributed by atoms with van der Waals surface area (Å²) in [5.41, 5.74) is 1.56. The van der Waals surface area contributed by atoms with Gasteiger partial charge in [-0.3, -0.25) is 4.79 Å². The fraction of sp³-hybridized carbons (Fsp3) is 0.375.